The zero-order chi connectivity index (χ0) is 17.8. The van der Waals surface area contributed by atoms with Gasteiger partial charge in [-0.3, -0.25) is 0 Å². The molecule has 1 heterocycles. The Morgan fingerprint density at radius 3 is 1.44 bits per heavy atom. The summed E-state index contributed by atoms with van der Waals surface area (Å²) in [6.45, 7) is 0. The van der Waals surface area contributed by atoms with Crippen LogP contribution in [-0.4, -0.2) is 4.98 Å². The third-order valence-corrected chi connectivity index (χ3v) is 9.62. The summed E-state index contributed by atoms with van der Waals surface area (Å²) in [4.78, 5) is 4.60. The van der Waals surface area contributed by atoms with Crippen LogP contribution in [0.1, 0.15) is 5.69 Å². The van der Waals surface area contributed by atoms with Crippen molar-refractivity contribution < 1.29 is 12.4 Å². The van der Waals surface area contributed by atoms with Crippen molar-refractivity contribution in [2.45, 2.75) is 6.16 Å². The lowest BCUT2D eigenvalue weighted by molar-refractivity contribution is -0.00000513. The first-order valence-electron chi connectivity index (χ1n) is 8.54. The van der Waals surface area contributed by atoms with E-state index < -0.39 is 7.26 Å². The van der Waals surface area contributed by atoms with Gasteiger partial charge in [0.25, 0.3) is 0 Å². The van der Waals surface area contributed by atoms with Crippen molar-refractivity contribution in [1.82, 2.24) is 4.98 Å². The van der Waals surface area contributed by atoms with Crippen molar-refractivity contribution in [3.63, 3.8) is 0 Å². The molecule has 0 bridgehead atoms. The Bertz CT molecular complexity index is 878. The van der Waals surface area contributed by atoms with Crippen molar-refractivity contribution >= 4 is 39.6 Å². The predicted octanol–water partition coefficient (Wildman–Crippen LogP) is 1.22. The van der Waals surface area contributed by atoms with Crippen LogP contribution in [0.5, 0.6) is 0 Å². The van der Waals surface area contributed by atoms with Gasteiger partial charge in [-0.25, -0.2) is 4.98 Å². The van der Waals surface area contributed by atoms with Crippen LogP contribution in [0.4, 0.5) is 5.13 Å². The summed E-state index contributed by atoms with van der Waals surface area (Å²) in [7, 11) is -1.87. The number of thiazole rings is 1. The van der Waals surface area contributed by atoms with Gasteiger partial charge in [-0.2, -0.15) is 0 Å². The molecule has 0 spiro atoms. The van der Waals surface area contributed by atoms with Crippen molar-refractivity contribution in [2.75, 3.05) is 5.73 Å². The monoisotopic (exact) mass is 410 g/mol. The highest BCUT2D eigenvalue weighted by Crippen LogP contribution is 2.58. The van der Waals surface area contributed by atoms with Crippen LogP contribution in [0, 0.1) is 0 Å². The molecule has 5 heteroatoms. The fourth-order valence-corrected chi connectivity index (χ4v) is 8.23. The molecule has 4 rings (SSSR count). The van der Waals surface area contributed by atoms with Crippen LogP contribution < -0.4 is 34.1 Å². The van der Waals surface area contributed by atoms with Gasteiger partial charge in [0.1, 0.15) is 29.3 Å². The molecule has 0 aliphatic carbocycles. The molecule has 0 fully saturated rings. The summed E-state index contributed by atoms with van der Waals surface area (Å²) in [5.41, 5.74) is 7.00. The maximum absolute atomic E-state index is 5.93. The molecule has 0 radical (unpaired) electrons. The molecule has 2 nitrogen and oxygen atoms in total. The zero-order valence-electron chi connectivity index (χ0n) is 14.7. The van der Waals surface area contributed by atoms with E-state index in [4.69, 9.17) is 5.73 Å². The minimum atomic E-state index is -1.87. The molecule has 0 saturated carbocycles. The van der Waals surface area contributed by atoms with E-state index in [9.17, 15) is 0 Å². The lowest BCUT2D eigenvalue weighted by Crippen LogP contribution is -3.00. The molecule has 0 unspecified atom stereocenters. The van der Waals surface area contributed by atoms with E-state index in [1.165, 1.54) is 27.3 Å². The quantitative estimate of drug-likeness (QED) is 0.502. The molecule has 4 aromatic rings. The van der Waals surface area contributed by atoms with Crippen LogP contribution in [0.15, 0.2) is 96.4 Å². The Kier molecular flexibility index (Phi) is 6.28. The number of rotatable bonds is 5. The Hall–Kier alpha value is -2.19. The Morgan fingerprint density at radius 1 is 0.704 bits per heavy atom. The highest BCUT2D eigenvalue weighted by Gasteiger charge is 2.45. The Balaban J connectivity index is 0.00000210. The maximum Gasteiger partial charge on any atom is 0.180 e. The second-order valence-electron chi connectivity index (χ2n) is 6.15. The number of nitrogens with two attached hydrogens (primary N) is 1. The molecule has 0 aliphatic heterocycles. The summed E-state index contributed by atoms with van der Waals surface area (Å²) in [5.74, 6) is 0. The SMILES string of the molecule is Nc1nc(C[P+](c2ccccc2)(c2ccccc2)c2ccccc2)cs1.[Cl-]. The van der Waals surface area contributed by atoms with Gasteiger partial charge in [0.2, 0.25) is 0 Å². The summed E-state index contributed by atoms with van der Waals surface area (Å²) in [6, 6.07) is 32.5. The molecule has 3 aromatic carbocycles. The topological polar surface area (TPSA) is 38.9 Å². The van der Waals surface area contributed by atoms with Crippen LogP contribution in [-0.2, 0) is 6.16 Å². The van der Waals surface area contributed by atoms with Gasteiger partial charge in [0.05, 0.1) is 5.69 Å². The van der Waals surface area contributed by atoms with Gasteiger partial charge in [0, 0.05) is 5.38 Å². The first-order chi connectivity index (χ1) is 12.8. The van der Waals surface area contributed by atoms with E-state index in [-0.39, 0.29) is 12.4 Å². The summed E-state index contributed by atoms with van der Waals surface area (Å²) < 4.78 is 0. The van der Waals surface area contributed by atoms with E-state index in [1.54, 1.807) is 0 Å². The summed E-state index contributed by atoms with van der Waals surface area (Å²) in [6.07, 6.45) is 0.874. The van der Waals surface area contributed by atoms with Gasteiger partial charge in [-0.1, -0.05) is 54.6 Å². The molecular formula is C22H20ClN2PS. The minimum Gasteiger partial charge on any atom is -1.00 e. The van der Waals surface area contributed by atoms with Crippen molar-refractivity contribution in [3.05, 3.63) is 102 Å². The van der Waals surface area contributed by atoms with Gasteiger partial charge >= 0.3 is 0 Å². The molecule has 136 valence electrons. The number of aromatic nitrogens is 1. The lowest BCUT2D eigenvalue weighted by atomic mass is 10.4. The fourth-order valence-electron chi connectivity index (χ4n) is 3.41. The van der Waals surface area contributed by atoms with Crippen LogP contribution in [0.2, 0.25) is 0 Å². The zero-order valence-corrected chi connectivity index (χ0v) is 17.2. The Labute approximate surface area is 170 Å². The summed E-state index contributed by atoms with van der Waals surface area (Å²) >= 11 is 1.52. The van der Waals surface area contributed by atoms with Crippen LogP contribution >= 0.6 is 18.6 Å². The van der Waals surface area contributed by atoms with Crippen LogP contribution in [0.25, 0.3) is 0 Å². The predicted molar refractivity (Wildman–Crippen MR) is 115 cm³/mol. The largest absolute Gasteiger partial charge is 1.00 e. The Morgan fingerprint density at radius 2 is 1.11 bits per heavy atom. The first kappa shape index (κ1) is 19.6. The number of hydrogen-bond acceptors (Lipinski definition) is 3. The minimum absolute atomic E-state index is 0. The molecular weight excluding hydrogens is 391 g/mol. The number of benzene rings is 3. The third kappa shape index (κ3) is 3.91. The van der Waals surface area contributed by atoms with Crippen molar-refractivity contribution in [3.8, 4) is 0 Å². The highest BCUT2D eigenvalue weighted by molar-refractivity contribution is 7.95. The number of hydrogen-bond donors (Lipinski definition) is 1. The van der Waals surface area contributed by atoms with Gasteiger partial charge in [-0.05, 0) is 36.4 Å². The molecule has 0 atom stereocenters. The fraction of sp³-hybridized carbons (Fsp3) is 0.0455. The molecule has 2 N–H and O–H groups in total. The molecule has 0 saturated heterocycles. The van der Waals surface area contributed by atoms with Gasteiger partial charge in [0.15, 0.2) is 5.13 Å². The van der Waals surface area contributed by atoms with E-state index in [2.05, 4.69) is 101 Å². The summed E-state index contributed by atoms with van der Waals surface area (Å²) in [5, 5.41) is 6.82. The van der Waals surface area contributed by atoms with Crippen molar-refractivity contribution in [1.29, 1.82) is 0 Å². The molecule has 27 heavy (non-hydrogen) atoms. The van der Waals surface area contributed by atoms with Gasteiger partial charge < -0.3 is 18.1 Å². The first-order valence-corrected chi connectivity index (χ1v) is 11.4. The smallest absolute Gasteiger partial charge is 0.180 e. The molecule has 1 aromatic heterocycles. The van der Waals surface area contributed by atoms with Gasteiger partial charge in [-0.15, -0.1) is 11.3 Å². The second kappa shape index (κ2) is 8.67. The standard InChI is InChI=1S/C22H20N2PS.ClH/c23-22-24-18(17-26-22)16-25(19-10-4-1-5-11-19,20-12-6-2-7-13-20)21-14-8-3-9-15-21;/h1-15,17H,16H2,(H2,23,24);1H/q+1;/p-1. The van der Waals surface area contributed by atoms with Crippen LogP contribution in [0.3, 0.4) is 0 Å². The second-order valence-corrected chi connectivity index (χ2v) is 10.5. The number of nitrogens with zero attached hydrogens (tertiary/aromatic N) is 1. The van der Waals surface area contributed by atoms with E-state index in [0.717, 1.165) is 11.9 Å². The van der Waals surface area contributed by atoms with E-state index >= 15 is 0 Å². The number of halogens is 1. The van der Waals surface area contributed by atoms with E-state index in [1.807, 2.05) is 0 Å². The van der Waals surface area contributed by atoms with E-state index in [0.29, 0.717) is 5.13 Å². The molecule has 0 amide bonds. The average Bonchev–Trinajstić information content (AvgIpc) is 3.13. The maximum atomic E-state index is 5.93. The molecule has 0 aliphatic rings. The third-order valence-electron chi connectivity index (χ3n) is 4.56. The lowest BCUT2D eigenvalue weighted by Gasteiger charge is -2.27. The highest BCUT2D eigenvalue weighted by atomic mass is 35.5. The van der Waals surface area contributed by atoms with Crippen molar-refractivity contribution in [2.24, 2.45) is 0 Å². The normalized spacial score (nSPS) is 11.0. The average molecular weight is 411 g/mol. The number of anilines is 1. The number of nitrogen functional groups attached to an aromatic ring is 1.